The molecule has 0 spiro atoms. The number of carbonyl (C=O) groups excluding carboxylic acids is 1. The summed E-state index contributed by atoms with van der Waals surface area (Å²) in [7, 11) is 3.83. The predicted molar refractivity (Wildman–Crippen MR) is 200 cm³/mol. The molecule has 1 aliphatic rings. The summed E-state index contributed by atoms with van der Waals surface area (Å²) >= 11 is 5.46. The standard InChI is InChI=1S/C34H49N9O9S.Lu/c1-39(2)10-9-35-33(52)28-8-7-26(18-36-28)38-34(53)37-25-5-3-24(4-6-25)17-27-19-42(22-31(48)49)14-13-40(20-29(44)45)11-12-41(21-30(46)47)15-16-43(27)23-32(50)51;/h3-8,18,27H,9-17,19-23H2,1-2H3,(H,35,52)(H,44,45)(H,46,47)(H,48,49)(H,50,51)(H2,37,38,53);/i;1+2. The van der Waals surface area contributed by atoms with Crippen LogP contribution in [0.25, 0.3) is 0 Å². The molecule has 0 aliphatic carbocycles. The SMILES string of the molecule is CN(C)CCNC(=O)c1ccc(NC(=S)Nc2ccc(CC3CN(CC(=O)O)CCN(CC(=O)O)CCN(CC(=O)O)CCN3CC(=O)O)cc2)cn1.[177Lu]. The summed E-state index contributed by atoms with van der Waals surface area (Å²) in [6.45, 7) is 1.33. The van der Waals surface area contributed by atoms with Gasteiger partial charge in [0, 0.05) is 108 Å². The van der Waals surface area contributed by atoms with Crippen molar-refractivity contribution in [2.24, 2.45) is 0 Å². The molecule has 1 amide bonds. The van der Waals surface area contributed by atoms with Gasteiger partial charge in [-0.1, -0.05) is 12.1 Å². The molecule has 0 bridgehead atoms. The Kier molecular flexibility index (Phi) is 20.8. The maximum absolute atomic E-state index is 12.3. The van der Waals surface area contributed by atoms with Gasteiger partial charge in [-0.2, -0.15) is 0 Å². The Morgan fingerprint density at radius 2 is 1.24 bits per heavy atom. The summed E-state index contributed by atoms with van der Waals surface area (Å²) in [4.78, 5) is 72.2. The minimum absolute atomic E-state index is 0. The van der Waals surface area contributed by atoms with E-state index in [2.05, 4.69) is 20.9 Å². The van der Waals surface area contributed by atoms with Crippen molar-refractivity contribution in [1.82, 2.24) is 34.8 Å². The molecule has 1 fully saturated rings. The molecule has 1 atom stereocenters. The second kappa shape index (κ2) is 24.1. The summed E-state index contributed by atoms with van der Waals surface area (Å²) in [5.41, 5.74) is 2.34. The molecule has 54 heavy (non-hydrogen) atoms. The maximum Gasteiger partial charge on any atom is 0.317 e. The van der Waals surface area contributed by atoms with E-state index in [1.807, 2.05) is 31.1 Å². The summed E-state index contributed by atoms with van der Waals surface area (Å²) in [5, 5.41) is 47.7. The number of carboxylic acid groups (broad SMARTS) is 4. The molecule has 0 saturated carbocycles. The molecule has 20 heteroatoms. The Morgan fingerprint density at radius 3 is 1.76 bits per heavy atom. The van der Waals surface area contributed by atoms with Crippen LogP contribution >= 0.6 is 12.2 Å². The molecule has 2 heterocycles. The molecule has 7 N–H and O–H groups in total. The molecule has 305 valence electrons. The fourth-order valence-electron chi connectivity index (χ4n) is 5.73. The largest absolute Gasteiger partial charge is 0.480 e. The van der Waals surface area contributed by atoms with Gasteiger partial charge >= 0.3 is 23.9 Å². The molecule has 1 aromatic heterocycles. The van der Waals surface area contributed by atoms with E-state index in [9.17, 15) is 44.4 Å². The van der Waals surface area contributed by atoms with E-state index in [0.717, 1.165) is 5.56 Å². The van der Waals surface area contributed by atoms with Gasteiger partial charge in [-0.05, 0) is 62.6 Å². The van der Waals surface area contributed by atoms with E-state index in [1.54, 1.807) is 43.9 Å². The number of amides is 1. The van der Waals surface area contributed by atoms with Crippen LogP contribution in [0, 0.1) is 36.9 Å². The number of aromatic nitrogens is 1. The zero-order valence-corrected chi connectivity index (χ0v) is 32.7. The summed E-state index contributed by atoms with van der Waals surface area (Å²) in [5.74, 6) is -4.57. The molecular formula is C34H49LuN9O9S. The minimum Gasteiger partial charge on any atom is -0.480 e. The first-order valence-electron chi connectivity index (χ1n) is 17.0. The fraction of sp³-hybridized carbons (Fsp3) is 0.500. The first-order valence-corrected chi connectivity index (χ1v) is 17.4. The molecule has 1 unspecified atom stereocenters. The van der Waals surface area contributed by atoms with E-state index in [-0.39, 0.29) is 126 Å². The number of anilines is 2. The normalized spacial score (nSPS) is 16.6. The van der Waals surface area contributed by atoms with Crippen LogP contribution in [-0.4, -0.2) is 190 Å². The Morgan fingerprint density at radius 1 is 0.741 bits per heavy atom. The first kappa shape index (κ1) is 46.6. The van der Waals surface area contributed by atoms with E-state index < -0.39 is 29.9 Å². The number of benzene rings is 1. The third-order valence-corrected chi connectivity index (χ3v) is 8.55. The van der Waals surface area contributed by atoms with Crippen LogP contribution in [-0.2, 0) is 25.6 Å². The van der Waals surface area contributed by atoms with E-state index >= 15 is 0 Å². The van der Waals surface area contributed by atoms with Gasteiger partial charge in [0.25, 0.3) is 5.91 Å². The molecular weight excluding hydrogens is 887 g/mol. The molecule has 1 aliphatic heterocycles. The van der Waals surface area contributed by atoms with Crippen molar-refractivity contribution in [1.29, 1.82) is 0 Å². The smallest absolute Gasteiger partial charge is 0.317 e. The second-order valence-corrected chi connectivity index (χ2v) is 13.4. The number of carboxylic acids is 4. The number of carbonyl (C=O) groups is 5. The van der Waals surface area contributed by atoms with Gasteiger partial charge in [-0.15, -0.1) is 0 Å². The van der Waals surface area contributed by atoms with Crippen LogP contribution in [0.2, 0.25) is 0 Å². The minimum atomic E-state index is -1.09. The van der Waals surface area contributed by atoms with Crippen molar-refractivity contribution >= 4 is 58.5 Å². The molecule has 1 aromatic carbocycles. The fourth-order valence-corrected chi connectivity index (χ4v) is 5.97. The number of hydrogen-bond donors (Lipinski definition) is 7. The second-order valence-electron chi connectivity index (χ2n) is 13.0. The van der Waals surface area contributed by atoms with Gasteiger partial charge in [0.2, 0.25) is 0 Å². The number of pyridine rings is 1. The molecule has 3 rings (SSSR count). The molecule has 2 aromatic rings. The summed E-state index contributed by atoms with van der Waals surface area (Å²) in [6, 6.07) is 10.1. The molecule has 1 radical (unpaired) electrons. The van der Waals surface area contributed by atoms with Crippen LogP contribution < -0.4 is 16.0 Å². The Labute approximate surface area is 348 Å². The first-order chi connectivity index (χ1) is 25.2. The van der Waals surface area contributed by atoms with Crippen LogP contribution in [0.3, 0.4) is 0 Å². The van der Waals surface area contributed by atoms with E-state index in [0.29, 0.717) is 30.9 Å². The van der Waals surface area contributed by atoms with Crippen molar-refractivity contribution in [3.8, 4) is 0 Å². The van der Waals surface area contributed by atoms with Crippen molar-refractivity contribution in [2.75, 3.05) is 110 Å². The number of hydrogen-bond acceptors (Lipinski definition) is 12. The van der Waals surface area contributed by atoms with Crippen LogP contribution in [0.15, 0.2) is 42.6 Å². The summed E-state index contributed by atoms with van der Waals surface area (Å²) in [6.07, 6.45) is 1.84. The monoisotopic (exact) mass is 936 g/mol. The van der Waals surface area contributed by atoms with Crippen molar-refractivity contribution in [3.05, 3.63) is 53.9 Å². The zero-order chi connectivity index (χ0) is 38.9. The molecule has 18 nitrogen and oxygen atoms in total. The Balaban J connectivity index is 0.0000101. The number of aliphatic carboxylic acids is 4. The van der Waals surface area contributed by atoms with Crippen molar-refractivity contribution < 1.29 is 81.3 Å². The van der Waals surface area contributed by atoms with Gasteiger partial charge in [0.1, 0.15) is 5.69 Å². The average Bonchev–Trinajstić information content (AvgIpc) is 3.06. The number of likely N-dealkylation sites (N-methyl/N-ethyl adjacent to an activating group) is 1. The van der Waals surface area contributed by atoms with Gasteiger partial charge in [-0.3, -0.25) is 43.6 Å². The predicted octanol–water partition coefficient (Wildman–Crippen LogP) is -0.347. The summed E-state index contributed by atoms with van der Waals surface area (Å²) < 4.78 is 0. The maximum atomic E-state index is 12.3. The van der Waals surface area contributed by atoms with Gasteiger partial charge in [-0.25, -0.2) is 4.98 Å². The van der Waals surface area contributed by atoms with E-state index in [4.69, 9.17) is 12.2 Å². The zero-order valence-electron chi connectivity index (χ0n) is 30.2. The number of nitrogens with one attached hydrogen (secondary N) is 3. The third kappa shape index (κ3) is 18.2. The van der Waals surface area contributed by atoms with Gasteiger partial charge < -0.3 is 41.3 Å². The number of thiocarbonyl (C=S) groups is 1. The van der Waals surface area contributed by atoms with Gasteiger partial charge in [0.05, 0.1) is 38.1 Å². The van der Waals surface area contributed by atoms with Crippen LogP contribution in [0.1, 0.15) is 16.1 Å². The quantitative estimate of drug-likeness (QED) is 0.107. The number of nitrogens with zero attached hydrogens (tertiary/aromatic N) is 6. The average molecular weight is 937 g/mol. The number of rotatable bonds is 16. The van der Waals surface area contributed by atoms with Crippen LogP contribution in [0.4, 0.5) is 11.4 Å². The van der Waals surface area contributed by atoms with E-state index in [1.165, 1.54) is 6.20 Å². The van der Waals surface area contributed by atoms with Gasteiger partial charge in [0.15, 0.2) is 5.11 Å². The van der Waals surface area contributed by atoms with Crippen molar-refractivity contribution in [2.45, 2.75) is 12.5 Å². The van der Waals surface area contributed by atoms with Crippen LogP contribution in [0.5, 0.6) is 0 Å². The molecule has 1 saturated heterocycles. The van der Waals surface area contributed by atoms with Crippen molar-refractivity contribution in [3.63, 3.8) is 0 Å². The Hall–Kier alpha value is -3.56. The third-order valence-electron chi connectivity index (χ3n) is 8.35. The Bertz CT molecular complexity index is 1550. The topological polar surface area (TPSA) is 231 Å².